The fourth-order valence-corrected chi connectivity index (χ4v) is 4.96. The number of nitrogens with one attached hydrogen (secondary N) is 1. The number of amides is 1. The molecule has 3 heterocycles. The van der Waals surface area contributed by atoms with E-state index < -0.39 is 5.60 Å². The number of likely N-dealkylation sites (tertiary alicyclic amines) is 1. The Labute approximate surface area is 206 Å². The minimum Gasteiger partial charge on any atom is -0.481 e. The predicted octanol–water partition coefficient (Wildman–Crippen LogP) is 7.13. The van der Waals surface area contributed by atoms with E-state index in [1.54, 1.807) is 7.11 Å². The van der Waals surface area contributed by atoms with Gasteiger partial charge in [0.15, 0.2) is 0 Å². The molecule has 1 N–H and O–H groups in total. The Morgan fingerprint density at radius 2 is 1.88 bits per heavy atom. The molecule has 0 aliphatic carbocycles. The van der Waals surface area contributed by atoms with Gasteiger partial charge >= 0.3 is 6.09 Å². The van der Waals surface area contributed by atoms with E-state index in [0.717, 1.165) is 29.6 Å². The van der Waals surface area contributed by atoms with E-state index in [0.29, 0.717) is 36.0 Å². The molecule has 0 radical (unpaired) electrons. The molecule has 0 bridgehead atoms. The average Bonchev–Trinajstić information content (AvgIpc) is 3.16. The van der Waals surface area contributed by atoms with Crippen LogP contribution in [0.4, 0.5) is 4.79 Å². The maximum Gasteiger partial charge on any atom is 0.410 e. The molecule has 0 atom stereocenters. The molecule has 1 amide bonds. The summed E-state index contributed by atoms with van der Waals surface area (Å²) in [6.07, 6.45) is 1.64. The number of hydrogen-bond acceptors (Lipinski definition) is 4. The van der Waals surface area contributed by atoms with Crippen LogP contribution in [-0.2, 0) is 4.74 Å². The molecule has 34 heavy (non-hydrogen) atoms. The van der Waals surface area contributed by atoms with Gasteiger partial charge in [-0.25, -0.2) is 9.78 Å². The van der Waals surface area contributed by atoms with Gasteiger partial charge in [-0.15, -0.1) is 0 Å². The number of aromatic amines is 1. The van der Waals surface area contributed by atoms with E-state index in [4.69, 9.17) is 21.1 Å². The van der Waals surface area contributed by atoms with Crippen molar-refractivity contribution in [2.24, 2.45) is 0 Å². The number of fused-ring (bicyclic) bond motifs is 1. The van der Waals surface area contributed by atoms with Gasteiger partial charge in [0.25, 0.3) is 0 Å². The number of hydrogen-bond donors (Lipinski definition) is 1. The molecule has 1 saturated heterocycles. The number of rotatable bonds is 4. The average molecular weight is 484 g/mol. The summed E-state index contributed by atoms with van der Waals surface area (Å²) in [5, 5.41) is 1.63. The van der Waals surface area contributed by atoms with Gasteiger partial charge < -0.3 is 19.4 Å². The molecule has 0 spiro atoms. The summed E-state index contributed by atoms with van der Waals surface area (Å²) >= 11 is 6.26. The third kappa shape index (κ3) is 5.17. The second kappa shape index (κ2) is 9.49. The summed E-state index contributed by atoms with van der Waals surface area (Å²) < 4.78 is 10.9. The molecule has 0 unspecified atom stereocenters. The van der Waals surface area contributed by atoms with Crippen LogP contribution in [0.5, 0.6) is 5.88 Å². The Morgan fingerprint density at radius 1 is 1.18 bits per heavy atom. The molecular formula is C27H34ClN3O3. The molecule has 6 nitrogen and oxygen atoms in total. The first-order valence-corrected chi connectivity index (χ1v) is 12.3. The summed E-state index contributed by atoms with van der Waals surface area (Å²) in [5.74, 6) is 1.22. The first kappa shape index (κ1) is 24.4. The number of aromatic nitrogens is 2. The van der Waals surface area contributed by atoms with Crippen molar-refractivity contribution in [2.75, 3.05) is 20.2 Å². The number of pyridine rings is 1. The Morgan fingerprint density at radius 3 is 2.50 bits per heavy atom. The summed E-state index contributed by atoms with van der Waals surface area (Å²) in [6.45, 7) is 11.5. The lowest BCUT2D eigenvalue weighted by atomic mass is 9.87. The summed E-state index contributed by atoms with van der Waals surface area (Å²) in [5.41, 5.74) is 5.21. The topological polar surface area (TPSA) is 67.5 Å². The van der Waals surface area contributed by atoms with Crippen LogP contribution >= 0.6 is 11.6 Å². The van der Waals surface area contributed by atoms with E-state index in [2.05, 4.69) is 42.0 Å². The fourth-order valence-electron chi connectivity index (χ4n) is 4.76. The van der Waals surface area contributed by atoms with Crippen LogP contribution in [0.15, 0.2) is 30.3 Å². The number of halogens is 1. The third-order valence-corrected chi connectivity index (χ3v) is 6.52. The number of benzene rings is 1. The zero-order valence-electron chi connectivity index (χ0n) is 20.9. The van der Waals surface area contributed by atoms with Gasteiger partial charge in [0.2, 0.25) is 5.88 Å². The lowest BCUT2D eigenvalue weighted by Crippen LogP contribution is -2.41. The van der Waals surface area contributed by atoms with Gasteiger partial charge in [-0.2, -0.15) is 0 Å². The Kier molecular flexibility index (Phi) is 6.81. The molecule has 1 aliphatic heterocycles. The zero-order chi connectivity index (χ0) is 24.6. The van der Waals surface area contributed by atoms with Crippen LogP contribution in [0.3, 0.4) is 0 Å². The van der Waals surface area contributed by atoms with Crippen LogP contribution in [0.2, 0.25) is 5.15 Å². The smallest absolute Gasteiger partial charge is 0.410 e. The van der Waals surface area contributed by atoms with Gasteiger partial charge in [-0.3, -0.25) is 0 Å². The number of piperidine rings is 1. The number of carbonyl (C=O) groups excluding carboxylic acids is 1. The fraction of sp³-hybridized carbons (Fsp3) is 0.481. The van der Waals surface area contributed by atoms with Crippen LogP contribution in [0, 0.1) is 0 Å². The van der Waals surface area contributed by atoms with E-state index in [-0.39, 0.29) is 6.09 Å². The second-order valence-corrected chi connectivity index (χ2v) is 10.7. The van der Waals surface area contributed by atoms with Gasteiger partial charge in [0, 0.05) is 35.6 Å². The van der Waals surface area contributed by atoms with Gasteiger partial charge in [-0.1, -0.05) is 31.5 Å². The Hall–Kier alpha value is -2.73. The molecule has 4 rings (SSSR count). The SMILES string of the molecule is COc1cc(-c2[nH]c3ccc(C4CCN(C(=O)OC(C)(C)C)CC4)cc3c2C(C)C)cc(Cl)n1. The van der Waals surface area contributed by atoms with Crippen molar-refractivity contribution in [2.45, 2.75) is 64.9 Å². The standard InChI is InChI=1S/C27H34ClN3O3/c1-16(2)24-20-13-18(17-9-11-31(12-10-17)26(32)34-27(3,4)5)7-8-21(20)29-25(24)19-14-22(28)30-23(15-19)33-6/h7-8,13-17,29H,9-12H2,1-6H3. The first-order chi connectivity index (χ1) is 16.1. The Bertz CT molecular complexity index is 1190. The van der Waals surface area contributed by atoms with Gasteiger partial charge in [0.1, 0.15) is 10.8 Å². The highest BCUT2D eigenvalue weighted by molar-refractivity contribution is 6.29. The van der Waals surface area contributed by atoms with Crippen molar-refractivity contribution in [1.82, 2.24) is 14.9 Å². The van der Waals surface area contributed by atoms with Crippen LogP contribution in [0.1, 0.15) is 70.4 Å². The summed E-state index contributed by atoms with van der Waals surface area (Å²) in [7, 11) is 1.59. The monoisotopic (exact) mass is 483 g/mol. The number of H-pyrrole nitrogens is 1. The molecule has 0 saturated carbocycles. The Balaban J connectivity index is 1.62. The van der Waals surface area contributed by atoms with Crippen LogP contribution < -0.4 is 4.74 Å². The van der Waals surface area contributed by atoms with E-state index in [1.165, 1.54) is 16.5 Å². The predicted molar refractivity (Wildman–Crippen MR) is 137 cm³/mol. The quantitative estimate of drug-likeness (QED) is 0.401. The molecule has 1 aromatic carbocycles. The number of ether oxygens (including phenoxy) is 2. The zero-order valence-corrected chi connectivity index (χ0v) is 21.6. The number of carbonyl (C=O) groups is 1. The number of methoxy groups -OCH3 is 1. The van der Waals surface area contributed by atoms with Crippen molar-refractivity contribution in [1.29, 1.82) is 0 Å². The highest BCUT2D eigenvalue weighted by atomic mass is 35.5. The molecule has 1 aliphatic rings. The van der Waals surface area contributed by atoms with Crippen LogP contribution in [-0.4, -0.2) is 46.8 Å². The molecule has 1 fully saturated rings. The maximum absolute atomic E-state index is 12.4. The highest BCUT2D eigenvalue weighted by Gasteiger charge is 2.28. The molecule has 182 valence electrons. The summed E-state index contributed by atoms with van der Waals surface area (Å²) in [6, 6.07) is 10.5. The minimum absolute atomic E-state index is 0.217. The maximum atomic E-state index is 12.4. The minimum atomic E-state index is -0.471. The van der Waals surface area contributed by atoms with Gasteiger partial charge in [-0.05, 0) is 74.8 Å². The van der Waals surface area contributed by atoms with Crippen molar-refractivity contribution in [3.8, 4) is 17.1 Å². The van der Waals surface area contributed by atoms with E-state index >= 15 is 0 Å². The van der Waals surface area contributed by atoms with Crippen molar-refractivity contribution in [3.05, 3.63) is 46.6 Å². The molecule has 7 heteroatoms. The third-order valence-electron chi connectivity index (χ3n) is 6.33. The molecule has 3 aromatic rings. The normalized spacial score (nSPS) is 15.2. The summed E-state index contributed by atoms with van der Waals surface area (Å²) in [4.78, 5) is 22.1. The van der Waals surface area contributed by atoms with E-state index in [9.17, 15) is 4.79 Å². The second-order valence-electron chi connectivity index (χ2n) is 10.3. The highest BCUT2D eigenvalue weighted by Crippen LogP contribution is 2.39. The van der Waals surface area contributed by atoms with Crippen molar-refractivity contribution in [3.63, 3.8) is 0 Å². The largest absolute Gasteiger partial charge is 0.481 e. The first-order valence-electron chi connectivity index (χ1n) is 11.9. The lowest BCUT2D eigenvalue weighted by molar-refractivity contribution is 0.0205. The van der Waals surface area contributed by atoms with Gasteiger partial charge in [0.05, 0.1) is 12.8 Å². The lowest BCUT2D eigenvalue weighted by Gasteiger charge is -2.33. The molecular weight excluding hydrogens is 450 g/mol. The molecule has 2 aromatic heterocycles. The van der Waals surface area contributed by atoms with Crippen molar-refractivity contribution >= 4 is 28.6 Å². The van der Waals surface area contributed by atoms with E-state index in [1.807, 2.05) is 37.8 Å². The number of nitrogens with zero attached hydrogens (tertiary/aromatic N) is 2. The van der Waals surface area contributed by atoms with Crippen LogP contribution in [0.25, 0.3) is 22.2 Å². The van der Waals surface area contributed by atoms with Crippen molar-refractivity contribution < 1.29 is 14.3 Å².